The van der Waals surface area contributed by atoms with Crippen LogP contribution in [-0.2, 0) is 0 Å². The van der Waals surface area contributed by atoms with Gasteiger partial charge in [-0.2, -0.15) is 0 Å². The summed E-state index contributed by atoms with van der Waals surface area (Å²) in [6, 6.07) is 1.95. The van der Waals surface area contributed by atoms with Gasteiger partial charge in [0.1, 0.15) is 0 Å². The number of nitro benzene ring substituents is 1. The zero-order valence-corrected chi connectivity index (χ0v) is 6.58. The number of hydrogen-bond acceptors (Lipinski definition) is 2. The first kappa shape index (κ1) is 10.5. The molecule has 0 saturated carbocycles. The fourth-order valence-corrected chi connectivity index (χ4v) is 0.931. The first-order valence-corrected chi connectivity index (χ1v) is 3.47. The van der Waals surface area contributed by atoms with Crippen LogP contribution in [0, 0.1) is 15.9 Å². The van der Waals surface area contributed by atoms with Gasteiger partial charge in [-0.15, -0.1) is 0 Å². The minimum atomic E-state index is -5.56. The number of hydrogen-bond donors (Lipinski definition) is 0. The Morgan fingerprint density at radius 1 is 1.29 bits per heavy atom. The highest BCUT2D eigenvalue weighted by molar-refractivity contribution is 6.73. The standard InChI is InChI=1S/C6H3BF4NO2/c8-6-4(7(9,10)11)2-1-3-5(6)12(13)14/h1-3H/q-1. The average Bonchev–Trinajstić information content (AvgIpc) is 2.01. The highest BCUT2D eigenvalue weighted by Crippen LogP contribution is 2.19. The van der Waals surface area contributed by atoms with Gasteiger partial charge < -0.3 is 12.9 Å². The quantitative estimate of drug-likeness (QED) is 0.321. The Bertz CT molecular complexity index is 379. The van der Waals surface area contributed by atoms with Gasteiger partial charge in [-0.1, -0.05) is 17.6 Å². The van der Waals surface area contributed by atoms with Crippen LogP contribution in [0.5, 0.6) is 0 Å². The van der Waals surface area contributed by atoms with Crippen molar-refractivity contribution in [3.63, 3.8) is 0 Å². The normalized spacial score (nSPS) is 11.4. The predicted molar refractivity (Wildman–Crippen MR) is 41.8 cm³/mol. The van der Waals surface area contributed by atoms with Gasteiger partial charge in [0.2, 0.25) is 0 Å². The lowest BCUT2D eigenvalue weighted by atomic mass is 9.79. The van der Waals surface area contributed by atoms with E-state index < -0.39 is 28.9 Å². The van der Waals surface area contributed by atoms with Crippen molar-refractivity contribution in [1.82, 2.24) is 0 Å². The summed E-state index contributed by atoms with van der Waals surface area (Å²) in [7, 11) is 0. The summed E-state index contributed by atoms with van der Waals surface area (Å²) in [6.07, 6.45) is 0. The number of benzene rings is 1. The second kappa shape index (κ2) is 3.28. The van der Waals surface area contributed by atoms with Crippen LogP contribution in [-0.4, -0.2) is 11.9 Å². The zero-order valence-electron chi connectivity index (χ0n) is 6.58. The molecule has 0 aliphatic heterocycles. The monoisotopic (exact) mass is 208 g/mol. The minimum Gasteiger partial charge on any atom is -0.445 e. The van der Waals surface area contributed by atoms with Crippen LogP contribution < -0.4 is 5.46 Å². The first-order valence-electron chi connectivity index (χ1n) is 3.47. The van der Waals surface area contributed by atoms with E-state index in [1.54, 1.807) is 0 Å². The molecular formula is C6H3BF4NO2-. The van der Waals surface area contributed by atoms with Gasteiger partial charge in [0.25, 0.3) is 0 Å². The summed E-state index contributed by atoms with van der Waals surface area (Å²) in [4.78, 5) is 8.91. The summed E-state index contributed by atoms with van der Waals surface area (Å²) in [5, 5.41) is 10.1. The Hall–Kier alpha value is -1.60. The van der Waals surface area contributed by atoms with Crippen molar-refractivity contribution in [2.75, 3.05) is 0 Å². The molecule has 0 aliphatic carbocycles. The predicted octanol–water partition coefficient (Wildman–Crippen LogP) is 1.79. The maximum Gasteiger partial charge on any atom is 0.512 e. The molecule has 0 radical (unpaired) electrons. The number of rotatable bonds is 2. The van der Waals surface area contributed by atoms with E-state index >= 15 is 0 Å². The molecule has 1 rings (SSSR count). The fourth-order valence-electron chi connectivity index (χ4n) is 0.931. The molecule has 0 amide bonds. The molecule has 0 saturated heterocycles. The van der Waals surface area contributed by atoms with E-state index in [2.05, 4.69) is 0 Å². The SMILES string of the molecule is O=[N+]([O-])c1cccc([B-](F)(F)F)c1F. The van der Waals surface area contributed by atoms with E-state index in [0.717, 1.165) is 6.07 Å². The minimum absolute atomic E-state index is 0.475. The molecule has 76 valence electrons. The molecule has 0 unspecified atom stereocenters. The van der Waals surface area contributed by atoms with Crippen LogP contribution in [0.25, 0.3) is 0 Å². The van der Waals surface area contributed by atoms with Gasteiger partial charge >= 0.3 is 12.7 Å². The van der Waals surface area contributed by atoms with Crippen molar-refractivity contribution < 1.29 is 22.3 Å². The molecule has 0 atom stereocenters. The molecule has 0 N–H and O–H groups in total. The van der Waals surface area contributed by atoms with E-state index in [0.29, 0.717) is 12.1 Å². The van der Waals surface area contributed by atoms with Crippen LogP contribution in [0.15, 0.2) is 18.2 Å². The Balaban J connectivity index is 3.35. The van der Waals surface area contributed by atoms with Crippen molar-refractivity contribution >= 4 is 18.1 Å². The van der Waals surface area contributed by atoms with Crippen LogP contribution in [0.3, 0.4) is 0 Å². The zero-order chi connectivity index (χ0) is 10.9. The Kier molecular flexibility index (Phi) is 2.46. The molecule has 0 aliphatic rings. The molecule has 0 bridgehead atoms. The van der Waals surface area contributed by atoms with Crippen molar-refractivity contribution in [2.24, 2.45) is 0 Å². The van der Waals surface area contributed by atoms with Crippen molar-refractivity contribution in [2.45, 2.75) is 0 Å². The van der Waals surface area contributed by atoms with Crippen LogP contribution >= 0.6 is 0 Å². The largest absolute Gasteiger partial charge is 0.512 e. The van der Waals surface area contributed by atoms with Crippen molar-refractivity contribution in [3.05, 3.63) is 34.1 Å². The highest BCUT2D eigenvalue weighted by Gasteiger charge is 2.32. The summed E-state index contributed by atoms with van der Waals surface area (Å²) in [5.74, 6) is -1.83. The van der Waals surface area contributed by atoms with Gasteiger partial charge in [0, 0.05) is 6.07 Å². The number of halogens is 4. The highest BCUT2D eigenvalue weighted by atomic mass is 19.4. The molecule has 1 aromatic rings. The molecule has 0 heterocycles. The molecular weight excluding hydrogens is 205 g/mol. The van der Waals surface area contributed by atoms with E-state index in [4.69, 9.17) is 0 Å². The number of nitrogens with zero attached hydrogens (tertiary/aromatic N) is 1. The summed E-state index contributed by atoms with van der Waals surface area (Å²) in [6.45, 7) is -5.56. The van der Waals surface area contributed by atoms with E-state index in [1.807, 2.05) is 0 Å². The second-order valence-electron chi connectivity index (χ2n) is 2.51. The van der Waals surface area contributed by atoms with E-state index in [-0.39, 0.29) is 0 Å². The second-order valence-corrected chi connectivity index (χ2v) is 2.51. The maximum absolute atomic E-state index is 12.9. The van der Waals surface area contributed by atoms with Crippen molar-refractivity contribution in [1.29, 1.82) is 0 Å². The fraction of sp³-hybridized carbons (Fsp3) is 0. The average molecular weight is 208 g/mol. The molecule has 0 fully saturated rings. The van der Waals surface area contributed by atoms with Gasteiger partial charge in [-0.05, 0) is 0 Å². The summed E-state index contributed by atoms with van der Waals surface area (Å²) < 4.78 is 49.1. The molecule has 8 heteroatoms. The lowest BCUT2D eigenvalue weighted by Crippen LogP contribution is -2.36. The Labute approximate surface area is 75.6 Å². The third kappa shape index (κ3) is 1.83. The maximum atomic E-state index is 12.9. The Morgan fingerprint density at radius 2 is 1.86 bits per heavy atom. The van der Waals surface area contributed by atoms with Gasteiger partial charge in [-0.25, -0.2) is 4.39 Å². The summed E-state index contributed by atoms with van der Waals surface area (Å²) >= 11 is 0. The van der Waals surface area contributed by atoms with E-state index in [1.165, 1.54) is 0 Å². The number of nitro groups is 1. The summed E-state index contributed by atoms with van der Waals surface area (Å²) in [5.41, 5.74) is -2.74. The molecule has 1 aromatic carbocycles. The third-order valence-corrected chi connectivity index (χ3v) is 1.56. The first-order chi connectivity index (χ1) is 6.34. The van der Waals surface area contributed by atoms with Crippen LogP contribution in [0.1, 0.15) is 0 Å². The van der Waals surface area contributed by atoms with Crippen LogP contribution in [0.4, 0.5) is 23.0 Å². The molecule has 0 aromatic heterocycles. The molecule has 14 heavy (non-hydrogen) atoms. The van der Waals surface area contributed by atoms with Crippen LogP contribution in [0.2, 0.25) is 0 Å². The smallest absolute Gasteiger partial charge is 0.445 e. The lowest BCUT2D eigenvalue weighted by molar-refractivity contribution is -0.387. The molecule has 3 nitrogen and oxygen atoms in total. The lowest BCUT2D eigenvalue weighted by Gasteiger charge is -2.14. The van der Waals surface area contributed by atoms with Gasteiger partial charge in [0.15, 0.2) is 5.82 Å². The van der Waals surface area contributed by atoms with Gasteiger partial charge in [-0.3, -0.25) is 10.1 Å². The Morgan fingerprint density at radius 3 is 2.29 bits per heavy atom. The van der Waals surface area contributed by atoms with Gasteiger partial charge in [0.05, 0.1) is 4.92 Å². The third-order valence-electron chi connectivity index (χ3n) is 1.56. The van der Waals surface area contributed by atoms with Crippen molar-refractivity contribution in [3.8, 4) is 0 Å². The molecule has 0 spiro atoms. The topological polar surface area (TPSA) is 43.1 Å². The van der Waals surface area contributed by atoms with E-state index in [9.17, 15) is 27.5 Å².